The van der Waals surface area contributed by atoms with Gasteiger partial charge in [0.05, 0.1) is 43.7 Å². The van der Waals surface area contributed by atoms with E-state index in [1.165, 1.54) is 22.5 Å². The van der Waals surface area contributed by atoms with E-state index in [2.05, 4.69) is 128 Å². The number of fused-ring (bicyclic) bond motifs is 16. The SMILES string of the molecule is CCOCCN1C(=CC=CC2=[N+](Cc3ccc(C[N+]4=C(C=CC=C5N(CCOCC)c6ccc7ccc([N+](=O)[O-])cc7c6C56CCCCC6)C5(CCCCC5)c5c4ccc4ccc([N+](=O)[O-])cc54)cc3)c3ccc4ccc([N+](=O)[O-])cc4c3C23CCCCC3)C2(CCCCC2)c2c1ccc1ccc([N+](=O)[O-])cc21.[O-][Cl+3]([O-])([O-])[O-].[O-][Cl+3]([O-])([O-])[O-]. The van der Waals surface area contributed by atoms with Crippen molar-refractivity contribution < 1.29 is 96.1 Å². The van der Waals surface area contributed by atoms with E-state index in [1.807, 2.05) is 38.1 Å². The van der Waals surface area contributed by atoms with Crippen LogP contribution in [0.4, 0.5) is 45.5 Å². The Morgan fingerprint density at radius 1 is 0.373 bits per heavy atom. The van der Waals surface area contributed by atoms with Crippen molar-refractivity contribution in [1.29, 1.82) is 0 Å². The molecule has 4 fully saturated rings. The lowest BCUT2D eigenvalue weighted by atomic mass is 9.66. The fourth-order valence-electron chi connectivity index (χ4n) is 21.3. The molecule has 0 radical (unpaired) electrons. The van der Waals surface area contributed by atoms with Gasteiger partial charge in [-0.15, -0.1) is 20.5 Å². The number of non-ortho nitro benzene ring substituents is 4. The van der Waals surface area contributed by atoms with Crippen LogP contribution in [0, 0.1) is 60.9 Å². The Morgan fingerprint density at radius 3 is 0.932 bits per heavy atom. The van der Waals surface area contributed by atoms with E-state index < -0.39 is 42.1 Å². The summed E-state index contributed by atoms with van der Waals surface area (Å²) in [5, 5.41) is 58.0. The third-order valence-electron chi connectivity index (χ3n) is 25.9. The number of anilines is 2. The third kappa shape index (κ3) is 15.9. The minimum absolute atomic E-state index is 0.0665. The summed E-state index contributed by atoms with van der Waals surface area (Å²) in [6.07, 6.45) is 33.6. The first-order valence-corrected chi connectivity index (χ1v) is 43.1. The van der Waals surface area contributed by atoms with Crippen LogP contribution >= 0.6 is 0 Å². The molecule has 614 valence electrons. The topological polar surface area (TPSA) is 388 Å². The lowest BCUT2D eigenvalue weighted by Gasteiger charge is -2.37. The fraction of sp³-hybridized carbons (Fsp3) is 0.378. The van der Waals surface area contributed by atoms with Gasteiger partial charge in [0.25, 0.3) is 22.7 Å². The number of rotatable bonds is 20. The molecule has 8 aliphatic rings. The van der Waals surface area contributed by atoms with Gasteiger partial charge in [-0.1, -0.05) is 126 Å². The Labute approximate surface area is 685 Å². The highest BCUT2D eigenvalue weighted by atomic mass is 35.7. The normalized spacial score (nSPS) is 19.0. The average Bonchev–Trinajstić information content (AvgIpc) is 1.57. The number of hydrogen-bond donors (Lipinski definition) is 0. The first kappa shape index (κ1) is 82.8. The van der Waals surface area contributed by atoms with E-state index in [9.17, 15) is 40.5 Å². The number of nitro groups is 4. The summed E-state index contributed by atoms with van der Waals surface area (Å²) in [6.45, 7) is 8.50. The van der Waals surface area contributed by atoms with Crippen LogP contribution < -0.4 is 47.1 Å². The van der Waals surface area contributed by atoms with Crippen molar-refractivity contribution in [3.05, 3.63) is 267 Å². The molecule has 4 heterocycles. The van der Waals surface area contributed by atoms with Crippen LogP contribution in [-0.2, 0) is 44.2 Å². The summed E-state index contributed by atoms with van der Waals surface area (Å²) in [5.41, 5.74) is 14.4. The first-order chi connectivity index (χ1) is 56.7. The van der Waals surface area contributed by atoms with Crippen molar-refractivity contribution in [2.24, 2.45) is 0 Å². The second-order valence-electron chi connectivity index (χ2n) is 32.1. The molecule has 4 aliphatic carbocycles. The van der Waals surface area contributed by atoms with Crippen molar-refractivity contribution in [2.75, 3.05) is 49.3 Å². The van der Waals surface area contributed by atoms with E-state index in [4.69, 9.17) is 46.7 Å². The second-order valence-corrected chi connectivity index (χ2v) is 33.6. The van der Waals surface area contributed by atoms with E-state index in [0.717, 1.165) is 228 Å². The second kappa shape index (κ2) is 33.8. The summed E-state index contributed by atoms with van der Waals surface area (Å²) >= 11 is 0. The number of hydrogen-bond acceptors (Lipinski definition) is 20. The Kier molecular flexibility index (Phi) is 23.7. The van der Waals surface area contributed by atoms with Gasteiger partial charge in [-0.2, -0.15) is 9.15 Å². The molecule has 4 spiro atoms. The van der Waals surface area contributed by atoms with Crippen molar-refractivity contribution in [3.63, 3.8) is 0 Å². The molecule has 4 aliphatic heterocycles. The zero-order valence-corrected chi connectivity index (χ0v) is 67.3. The molecule has 0 saturated heterocycles. The predicted octanol–water partition coefficient (Wildman–Crippen LogP) is 11.8. The molecule has 118 heavy (non-hydrogen) atoms. The van der Waals surface area contributed by atoms with Crippen LogP contribution in [0.3, 0.4) is 0 Å². The van der Waals surface area contributed by atoms with E-state index in [-0.39, 0.29) is 42.4 Å². The number of allylic oxidation sites excluding steroid dienone is 8. The van der Waals surface area contributed by atoms with Crippen molar-refractivity contribution in [3.8, 4) is 0 Å². The zero-order chi connectivity index (χ0) is 83.1. The highest BCUT2D eigenvalue weighted by Gasteiger charge is 2.56. The van der Waals surface area contributed by atoms with Gasteiger partial charge in [-0.3, -0.25) is 40.5 Å². The zero-order valence-electron chi connectivity index (χ0n) is 65.8. The summed E-state index contributed by atoms with van der Waals surface area (Å²) in [6, 6.07) is 47.6. The van der Waals surface area contributed by atoms with Crippen LogP contribution in [0.5, 0.6) is 0 Å². The van der Waals surface area contributed by atoms with Crippen molar-refractivity contribution in [2.45, 2.75) is 177 Å². The molecule has 0 N–H and O–H groups in total. The fourth-order valence-corrected chi connectivity index (χ4v) is 21.3. The smallest absolute Gasteiger partial charge is 0.270 e. The van der Waals surface area contributed by atoms with E-state index in [0.29, 0.717) is 52.6 Å². The first-order valence-electron chi connectivity index (χ1n) is 40.7. The standard InChI is InChI=1S/C90H92N8O10.2ClHO4/c1-3-107-53-51-91-75-39-31-63-27-35-67(95(99)100)55-71(63)83(75)87(43-9-5-10-44-87)79(91)19-17-21-81-89(47-13-7-14-48-89)85-73-57-69(97(103)104)37-29-65(73)33-41-77(85)93(81)59-61-23-25-62(26-24-61)60-94-78-42-34-66-30-38-70(98(105)106)58-74(66)86(78)90(49-15-8-16-50-90)82(94)22-18-20-80-88(45-11-6-12-46-88)84-72-56-68(96(101)102)36-28-64(72)32-40-76(84)92(80)52-54-108-4-2;2*2-1(3,4)5/h17-42,55-58H,3-16,43-54,59-60H2,1-2H3;2*(H,2,3,4,5)/q+2;;/p-2. The van der Waals surface area contributed by atoms with Gasteiger partial charge in [-0.05, 0) is 180 Å². The van der Waals surface area contributed by atoms with Gasteiger partial charge in [0.1, 0.15) is 0 Å². The van der Waals surface area contributed by atoms with Gasteiger partial charge >= 0.3 is 0 Å². The highest BCUT2D eigenvalue weighted by molar-refractivity contribution is 6.10. The lowest BCUT2D eigenvalue weighted by Crippen LogP contribution is -2.68. The van der Waals surface area contributed by atoms with Crippen molar-refractivity contribution in [1.82, 2.24) is 0 Å². The summed E-state index contributed by atoms with van der Waals surface area (Å²) in [5.74, 6) is 0. The molecule has 17 rings (SSSR count). The maximum absolute atomic E-state index is 12.7. The van der Waals surface area contributed by atoms with Gasteiger partial charge in [-0.25, -0.2) is 37.3 Å². The molecule has 0 aromatic heterocycles. The Hall–Kier alpha value is -10.3. The summed E-state index contributed by atoms with van der Waals surface area (Å²) in [7, 11) is -9.89. The highest BCUT2D eigenvalue weighted by Crippen LogP contribution is 2.61. The van der Waals surface area contributed by atoms with Crippen LogP contribution in [0.1, 0.15) is 176 Å². The Morgan fingerprint density at radius 2 is 0.644 bits per heavy atom. The molecule has 0 amide bonds. The predicted molar refractivity (Wildman–Crippen MR) is 427 cm³/mol. The molecular weight excluding hydrogens is 1550 g/mol. The van der Waals surface area contributed by atoms with E-state index >= 15 is 0 Å². The quantitative estimate of drug-likeness (QED) is 0.0296. The molecular formula is C90H92Cl2N8O18. The molecule has 26 nitrogen and oxygen atoms in total. The largest absolute Gasteiger partial charge is 0.380 e. The average molecular weight is 1640 g/mol. The molecule has 0 unspecified atom stereocenters. The summed E-state index contributed by atoms with van der Waals surface area (Å²) < 4.78 is 85.2. The Balaban J connectivity index is 0.00000103. The molecule has 0 bridgehead atoms. The van der Waals surface area contributed by atoms with Crippen molar-refractivity contribution >= 4 is 100 Å². The maximum Gasteiger partial charge on any atom is 0.270 e. The van der Waals surface area contributed by atoms with Crippen LogP contribution in [0.2, 0.25) is 0 Å². The number of ether oxygens (including phenoxy) is 2. The molecule has 4 saturated carbocycles. The van der Waals surface area contributed by atoms with Gasteiger partial charge in [0, 0.05) is 155 Å². The number of halogens is 2. The number of nitro benzene ring substituents is 4. The molecule has 9 aromatic carbocycles. The van der Waals surface area contributed by atoms with Crippen LogP contribution in [-0.4, -0.2) is 79.8 Å². The van der Waals surface area contributed by atoms with Gasteiger partial charge < -0.3 is 19.3 Å². The molecule has 28 heteroatoms. The molecule has 0 atom stereocenters. The monoisotopic (exact) mass is 1640 g/mol. The Bertz CT molecular complexity index is 5290. The van der Waals surface area contributed by atoms with Gasteiger partial charge in [0.2, 0.25) is 11.4 Å². The summed E-state index contributed by atoms with van der Waals surface area (Å²) in [4.78, 5) is 54.1. The van der Waals surface area contributed by atoms with Crippen LogP contribution in [0.15, 0.2) is 193 Å². The maximum atomic E-state index is 12.7. The van der Waals surface area contributed by atoms with Gasteiger partial charge in [0.15, 0.2) is 24.5 Å². The number of benzene rings is 9. The van der Waals surface area contributed by atoms with Crippen LogP contribution in [0.25, 0.3) is 43.1 Å². The lowest BCUT2D eigenvalue weighted by molar-refractivity contribution is -2.00. The number of nitrogens with zero attached hydrogens (tertiary/aromatic N) is 8. The minimum atomic E-state index is -4.94. The minimum Gasteiger partial charge on any atom is -0.380 e. The molecule has 9 aromatic rings. The van der Waals surface area contributed by atoms with E-state index in [1.54, 1.807) is 48.5 Å². The third-order valence-corrected chi connectivity index (χ3v) is 25.9.